The monoisotopic (exact) mass is 256 g/mol. The van der Waals surface area contributed by atoms with Gasteiger partial charge in [0.15, 0.2) is 0 Å². The Hall–Kier alpha value is -0.930. The van der Waals surface area contributed by atoms with Crippen LogP contribution >= 0.6 is 11.6 Å². The number of rotatable bonds is 6. The number of nitrogens with one attached hydrogen (secondary N) is 1. The smallest absolute Gasteiger partial charge is 0.145 e. The summed E-state index contributed by atoms with van der Waals surface area (Å²) in [6.07, 6.45) is 1.09. The summed E-state index contributed by atoms with van der Waals surface area (Å²) in [5.41, 5.74) is 2.11. The predicted octanol–water partition coefficient (Wildman–Crippen LogP) is 2.70. The molecule has 0 bridgehead atoms. The van der Waals surface area contributed by atoms with Gasteiger partial charge in [0.1, 0.15) is 5.75 Å². The van der Waals surface area contributed by atoms with Crippen molar-refractivity contribution in [3.8, 4) is 5.75 Å². The van der Waals surface area contributed by atoms with Gasteiger partial charge in [0.05, 0.1) is 12.8 Å². The molecule has 0 heterocycles. The van der Waals surface area contributed by atoms with Crippen LogP contribution in [0.15, 0.2) is 12.1 Å². The number of hydrogen-bond donors (Lipinski definition) is 1. The third-order valence-electron chi connectivity index (χ3n) is 2.76. The molecule has 1 aromatic rings. The molecule has 17 heavy (non-hydrogen) atoms. The number of anilines is 1. The van der Waals surface area contributed by atoms with Crippen LogP contribution in [0.2, 0.25) is 5.02 Å². The van der Waals surface area contributed by atoms with Crippen LogP contribution in [0.3, 0.4) is 0 Å². The first-order valence-corrected chi connectivity index (χ1v) is 6.17. The van der Waals surface area contributed by atoms with Gasteiger partial charge < -0.3 is 15.0 Å². The molecule has 0 aliphatic rings. The van der Waals surface area contributed by atoms with Crippen molar-refractivity contribution in [2.24, 2.45) is 0 Å². The van der Waals surface area contributed by atoms with Gasteiger partial charge in [0, 0.05) is 18.6 Å². The first-order chi connectivity index (χ1) is 8.10. The Morgan fingerprint density at radius 1 is 1.41 bits per heavy atom. The molecule has 0 unspecified atom stereocenters. The molecule has 4 heteroatoms. The number of hydrogen-bond acceptors (Lipinski definition) is 3. The summed E-state index contributed by atoms with van der Waals surface area (Å²) < 4.78 is 5.44. The average Bonchev–Trinajstić information content (AvgIpc) is 2.28. The maximum Gasteiger partial charge on any atom is 0.145 e. The minimum atomic E-state index is 0.749. The fraction of sp³-hybridized carbons (Fsp3) is 0.538. The molecule has 0 saturated heterocycles. The van der Waals surface area contributed by atoms with Gasteiger partial charge in [0.25, 0.3) is 0 Å². The Kier molecular flexibility index (Phi) is 5.59. The fourth-order valence-electron chi connectivity index (χ4n) is 1.87. The highest BCUT2D eigenvalue weighted by atomic mass is 35.5. The van der Waals surface area contributed by atoms with Crippen molar-refractivity contribution in [1.29, 1.82) is 0 Å². The summed E-state index contributed by atoms with van der Waals surface area (Å²) in [7, 11) is 5.72. The van der Waals surface area contributed by atoms with Gasteiger partial charge in [-0.25, -0.2) is 0 Å². The number of nitrogens with zero attached hydrogens (tertiary/aromatic N) is 1. The van der Waals surface area contributed by atoms with Gasteiger partial charge >= 0.3 is 0 Å². The maximum absolute atomic E-state index is 6.09. The lowest BCUT2D eigenvalue weighted by Crippen LogP contribution is -2.22. The molecular formula is C13H21ClN2O. The Labute approximate surface area is 109 Å². The van der Waals surface area contributed by atoms with Crippen molar-refractivity contribution in [3.63, 3.8) is 0 Å². The van der Waals surface area contributed by atoms with Gasteiger partial charge in [0.2, 0.25) is 0 Å². The van der Waals surface area contributed by atoms with Gasteiger partial charge in [-0.05, 0) is 44.6 Å². The van der Waals surface area contributed by atoms with E-state index in [9.17, 15) is 0 Å². The Balaban J connectivity index is 2.87. The van der Waals surface area contributed by atoms with E-state index in [2.05, 4.69) is 17.3 Å². The van der Waals surface area contributed by atoms with Crippen LogP contribution in [0.25, 0.3) is 0 Å². The molecule has 0 spiro atoms. The van der Waals surface area contributed by atoms with Crippen LogP contribution in [-0.4, -0.2) is 34.3 Å². The Morgan fingerprint density at radius 2 is 2.12 bits per heavy atom. The zero-order chi connectivity index (χ0) is 12.8. The quantitative estimate of drug-likeness (QED) is 0.792. The van der Waals surface area contributed by atoms with E-state index in [1.165, 1.54) is 0 Å². The number of benzene rings is 1. The topological polar surface area (TPSA) is 24.5 Å². The number of aryl methyl sites for hydroxylation is 1. The summed E-state index contributed by atoms with van der Waals surface area (Å²) >= 11 is 6.09. The third kappa shape index (κ3) is 3.79. The molecule has 1 N–H and O–H groups in total. The van der Waals surface area contributed by atoms with E-state index in [4.69, 9.17) is 16.3 Å². The van der Waals surface area contributed by atoms with E-state index < -0.39 is 0 Å². The zero-order valence-corrected chi connectivity index (χ0v) is 11.8. The minimum Gasteiger partial charge on any atom is -0.494 e. The lowest BCUT2D eigenvalue weighted by molar-refractivity contribution is 0.411. The van der Waals surface area contributed by atoms with Crippen LogP contribution in [0.5, 0.6) is 5.75 Å². The number of ether oxygens (including phenoxy) is 1. The SMILES string of the molecule is CNCCCN(C)c1cc(Cl)cc(C)c1OC. The predicted molar refractivity (Wildman–Crippen MR) is 74.6 cm³/mol. The standard InChI is InChI=1S/C13H21ClN2O/c1-10-8-11(14)9-12(13(10)17-4)16(3)7-5-6-15-2/h8-9,15H,5-7H2,1-4H3. The molecule has 1 rings (SSSR count). The second kappa shape index (κ2) is 6.72. The lowest BCUT2D eigenvalue weighted by atomic mass is 10.1. The summed E-state index contributed by atoms with van der Waals surface area (Å²) in [5.74, 6) is 0.904. The second-order valence-electron chi connectivity index (χ2n) is 4.15. The van der Waals surface area contributed by atoms with E-state index in [0.717, 1.165) is 41.5 Å². The molecule has 0 amide bonds. The average molecular weight is 257 g/mol. The summed E-state index contributed by atoms with van der Waals surface area (Å²) in [5, 5.41) is 3.89. The summed E-state index contributed by atoms with van der Waals surface area (Å²) in [6.45, 7) is 3.98. The normalized spacial score (nSPS) is 10.4. The molecular weight excluding hydrogens is 236 g/mol. The second-order valence-corrected chi connectivity index (χ2v) is 4.59. The van der Waals surface area contributed by atoms with Crippen molar-refractivity contribution in [2.75, 3.05) is 39.2 Å². The van der Waals surface area contributed by atoms with Crippen molar-refractivity contribution in [2.45, 2.75) is 13.3 Å². The molecule has 0 radical (unpaired) electrons. The first kappa shape index (κ1) is 14.1. The van der Waals surface area contributed by atoms with Crippen LogP contribution in [-0.2, 0) is 0 Å². The molecule has 0 aliphatic carbocycles. The highest BCUT2D eigenvalue weighted by Gasteiger charge is 2.11. The van der Waals surface area contributed by atoms with Crippen molar-refractivity contribution < 1.29 is 4.74 Å². The highest BCUT2D eigenvalue weighted by Crippen LogP contribution is 2.34. The fourth-order valence-corrected chi connectivity index (χ4v) is 2.14. The van der Waals surface area contributed by atoms with Gasteiger partial charge in [-0.1, -0.05) is 11.6 Å². The first-order valence-electron chi connectivity index (χ1n) is 5.80. The van der Waals surface area contributed by atoms with Crippen molar-refractivity contribution >= 4 is 17.3 Å². The summed E-state index contributed by atoms with van der Waals surface area (Å²) in [4.78, 5) is 2.18. The van der Waals surface area contributed by atoms with E-state index in [-0.39, 0.29) is 0 Å². The maximum atomic E-state index is 6.09. The molecule has 0 aliphatic heterocycles. The Bertz CT molecular complexity index is 369. The van der Waals surface area contributed by atoms with Crippen molar-refractivity contribution in [3.05, 3.63) is 22.7 Å². The molecule has 0 fully saturated rings. The molecule has 96 valence electrons. The Morgan fingerprint density at radius 3 is 2.71 bits per heavy atom. The number of methoxy groups -OCH3 is 1. The molecule has 3 nitrogen and oxygen atoms in total. The van der Waals surface area contributed by atoms with E-state index in [1.807, 2.05) is 26.1 Å². The lowest BCUT2D eigenvalue weighted by Gasteiger charge is -2.23. The van der Waals surface area contributed by atoms with Crippen LogP contribution in [0.4, 0.5) is 5.69 Å². The van der Waals surface area contributed by atoms with Gasteiger partial charge in [-0.2, -0.15) is 0 Å². The van der Waals surface area contributed by atoms with Crippen molar-refractivity contribution in [1.82, 2.24) is 5.32 Å². The van der Waals surface area contributed by atoms with E-state index in [0.29, 0.717) is 0 Å². The molecule has 0 aromatic heterocycles. The highest BCUT2D eigenvalue weighted by molar-refractivity contribution is 6.31. The van der Waals surface area contributed by atoms with Crippen LogP contribution in [0.1, 0.15) is 12.0 Å². The van der Waals surface area contributed by atoms with Crippen LogP contribution in [0, 0.1) is 6.92 Å². The van der Waals surface area contributed by atoms with E-state index in [1.54, 1.807) is 7.11 Å². The summed E-state index contributed by atoms with van der Waals surface area (Å²) in [6, 6.07) is 3.87. The zero-order valence-electron chi connectivity index (χ0n) is 11.0. The van der Waals surface area contributed by atoms with Gasteiger partial charge in [-0.15, -0.1) is 0 Å². The van der Waals surface area contributed by atoms with Gasteiger partial charge in [-0.3, -0.25) is 0 Å². The molecule has 0 atom stereocenters. The largest absolute Gasteiger partial charge is 0.494 e. The van der Waals surface area contributed by atoms with E-state index >= 15 is 0 Å². The molecule has 1 aromatic carbocycles. The minimum absolute atomic E-state index is 0.749. The number of halogens is 1. The van der Waals surface area contributed by atoms with Crippen LogP contribution < -0.4 is 15.0 Å². The third-order valence-corrected chi connectivity index (χ3v) is 2.97. The molecule has 0 saturated carbocycles.